The fraction of sp³-hybridized carbons (Fsp3) is 0.538. The lowest BCUT2D eigenvalue weighted by atomic mass is 10.1. The number of ether oxygens (including phenoxy) is 1. The minimum Gasteiger partial charge on any atom is -0.381 e. The number of hydrogen-bond donors (Lipinski definition) is 0. The summed E-state index contributed by atoms with van der Waals surface area (Å²) in [6, 6.07) is 4.39. The molecular formula is C13H18Br2MgO. The first kappa shape index (κ1) is 16.0. The van der Waals surface area contributed by atoms with Gasteiger partial charge in [-0.1, -0.05) is 21.5 Å². The lowest BCUT2D eigenvalue weighted by Crippen LogP contribution is -1.96. The van der Waals surface area contributed by atoms with Gasteiger partial charge in [-0.2, -0.15) is 0 Å². The Kier molecular flexibility index (Phi) is 8.37. The SMILES string of the molecule is C1CCOC1.Cc1cc(Br)cc(C)c1[CH2][Mg][Br]. The first-order valence-electron chi connectivity index (χ1n) is 6.04. The largest absolute Gasteiger partial charge is 0.473 e. The monoisotopic (exact) mass is 372 g/mol. The van der Waals surface area contributed by atoms with Crippen LogP contribution in [0.2, 0.25) is 0 Å². The second-order valence-corrected chi connectivity index (χ2v) is 8.45. The fourth-order valence-electron chi connectivity index (χ4n) is 1.94. The molecule has 1 heterocycles. The molecule has 1 aliphatic heterocycles. The normalized spacial score (nSPS) is 13.9. The highest BCUT2D eigenvalue weighted by Gasteiger charge is 2.03. The highest BCUT2D eigenvalue weighted by atomic mass is 79.9. The third kappa shape index (κ3) is 6.06. The molecule has 0 spiro atoms. The van der Waals surface area contributed by atoms with Crippen LogP contribution in [0.4, 0.5) is 0 Å². The van der Waals surface area contributed by atoms with Crippen molar-refractivity contribution in [3.8, 4) is 0 Å². The maximum atomic E-state index is 4.94. The molecule has 92 valence electrons. The molecule has 0 amide bonds. The van der Waals surface area contributed by atoms with E-state index >= 15 is 0 Å². The summed E-state index contributed by atoms with van der Waals surface area (Å²) in [4.78, 5) is 0. The van der Waals surface area contributed by atoms with Gasteiger partial charge in [-0.15, -0.1) is 4.55 Å². The van der Waals surface area contributed by atoms with Crippen LogP contribution in [0.1, 0.15) is 29.5 Å². The zero-order chi connectivity index (χ0) is 12.7. The van der Waals surface area contributed by atoms with Crippen LogP contribution >= 0.6 is 28.8 Å². The van der Waals surface area contributed by atoms with Gasteiger partial charge in [0, 0.05) is 17.7 Å². The van der Waals surface area contributed by atoms with Gasteiger partial charge in [0.1, 0.15) is 0 Å². The van der Waals surface area contributed by atoms with E-state index in [2.05, 4.69) is 54.8 Å². The molecule has 0 bridgehead atoms. The standard InChI is InChI=1S/C9H10Br.C4H8O.BrH.Mg/c1-6-4-9(10)5-7(2)8(6)3;1-2-4-5-3-1;;/h4-5H,3H2,1-2H3;1-4H2;1H;/q;;;+1/p-1. The van der Waals surface area contributed by atoms with E-state index in [-0.39, 0.29) is 18.2 Å². The van der Waals surface area contributed by atoms with Crippen LogP contribution in [0.25, 0.3) is 0 Å². The van der Waals surface area contributed by atoms with Crippen molar-refractivity contribution in [3.63, 3.8) is 0 Å². The van der Waals surface area contributed by atoms with Crippen molar-refractivity contribution >= 4 is 47.0 Å². The summed E-state index contributed by atoms with van der Waals surface area (Å²) in [7, 11) is 0. The Morgan fingerprint density at radius 1 is 1.18 bits per heavy atom. The van der Waals surface area contributed by atoms with E-state index in [4.69, 9.17) is 4.74 Å². The second-order valence-electron chi connectivity index (χ2n) is 4.28. The van der Waals surface area contributed by atoms with Gasteiger partial charge in [0.05, 0.1) is 0 Å². The Bertz CT molecular complexity index is 321. The zero-order valence-electron chi connectivity index (χ0n) is 10.6. The summed E-state index contributed by atoms with van der Waals surface area (Å²) in [5, 5.41) is 0. The van der Waals surface area contributed by atoms with Gasteiger partial charge < -0.3 is 17.6 Å². The molecule has 0 radical (unpaired) electrons. The molecule has 1 aromatic rings. The van der Waals surface area contributed by atoms with E-state index in [0.29, 0.717) is 0 Å². The van der Waals surface area contributed by atoms with Crippen LogP contribution in [0, 0.1) is 13.8 Å². The minimum atomic E-state index is -0.0422. The second kappa shape index (κ2) is 8.91. The molecule has 1 aromatic carbocycles. The van der Waals surface area contributed by atoms with Crippen molar-refractivity contribution in [2.24, 2.45) is 0 Å². The van der Waals surface area contributed by atoms with E-state index in [9.17, 15) is 0 Å². The molecular weight excluding hydrogens is 356 g/mol. The molecule has 2 rings (SSSR count). The highest BCUT2D eigenvalue weighted by Crippen LogP contribution is 2.20. The summed E-state index contributed by atoms with van der Waals surface area (Å²) in [6.45, 7) is 6.37. The Labute approximate surface area is 128 Å². The number of benzene rings is 1. The topological polar surface area (TPSA) is 9.23 Å². The number of aryl methyl sites for hydroxylation is 2. The Balaban J connectivity index is 0.000000239. The van der Waals surface area contributed by atoms with Gasteiger partial charge in [0.25, 0.3) is 0 Å². The zero-order valence-corrected chi connectivity index (χ0v) is 15.1. The molecule has 17 heavy (non-hydrogen) atoms. The summed E-state index contributed by atoms with van der Waals surface area (Å²) >= 11 is 7.06. The van der Waals surface area contributed by atoms with Gasteiger partial charge in [-0.3, -0.25) is 0 Å². The van der Waals surface area contributed by atoms with Gasteiger partial charge in [-0.25, -0.2) is 0 Å². The minimum absolute atomic E-state index is 0.0422. The van der Waals surface area contributed by atoms with Gasteiger partial charge in [0.2, 0.25) is 0 Å². The average molecular weight is 374 g/mol. The van der Waals surface area contributed by atoms with E-state index in [0.717, 1.165) is 13.2 Å². The maximum Gasteiger partial charge on any atom is 0.473 e. The van der Waals surface area contributed by atoms with Gasteiger partial charge in [-0.05, 0) is 49.9 Å². The van der Waals surface area contributed by atoms with Crippen molar-refractivity contribution in [3.05, 3.63) is 33.3 Å². The van der Waals surface area contributed by atoms with Crippen molar-refractivity contribution in [1.29, 1.82) is 0 Å². The first-order chi connectivity index (χ1) is 8.15. The molecule has 1 nitrogen and oxygen atoms in total. The fourth-order valence-corrected chi connectivity index (χ4v) is 4.79. The third-order valence-electron chi connectivity index (χ3n) is 2.83. The molecule has 4 heteroatoms. The smallest absolute Gasteiger partial charge is 0.381 e. The van der Waals surface area contributed by atoms with Crippen molar-refractivity contribution in [1.82, 2.24) is 0 Å². The summed E-state index contributed by atoms with van der Waals surface area (Å²) in [6.07, 6.45) is 2.56. The number of rotatable bonds is 2. The summed E-state index contributed by atoms with van der Waals surface area (Å²) in [5.74, 6) is 0. The first-order valence-corrected chi connectivity index (χ1v) is 11.7. The van der Waals surface area contributed by atoms with Crippen LogP contribution in [0.5, 0.6) is 0 Å². The van der Waals surface area contributed by atoms with Crippen LogP contribution < -0.4 is 0 Å². The number of halogens is 2. The predicted molar refractivity (Wildman–Crippen MR) is 82.1 cm³/mol. The van der Waals surface area contributed by atoms with Crippen LogP contribution in [0.3, 0.4) is 0 Å². The summed E-state index contributed by atoms with van der Waals surface area (Å²) in [5.41, 5.74) is 4.35. The quantitative estimate of drug-likeness (QED) is 0.699. The van der Waals surface area contributed by atoms with E-state index in [1.165, 1.54) is 38.6 Å². The molecule has 0 N–H and O–H groups in total. The lowest BCUT2D eigenvalue weighted by Gasteiger charge is -2.08. The molecule has 1 aliphatic rings. The van der Waals surface area contributed by atoms with E-state index in [1.54, 1.807) is 0 Å². The number of hydrogen-bond acceptors (Lipinski definition) is 1. The average Bonchev–Trinajstić information content (AvgIpc) is 2.81. The van der Waals surface area contributed by atoms with E-state index in [1.807, 2.05) is 0 Å². The molecule has 0 saturated carbocycles. The Hall–Kier alpha value is 0.906. The molecule has 1 fully saturated rings. The third-order valence-corrected chi connectivity index (χ3v) is 5.17. The molecule has 0 aromatic heterocycles. The molecule has 0 unspecified atom stereocenters. The Morgan fingerprint density at radius 2 is 1.71 bits per heavy atom. The van der Waals surface area contributed by atoms with E-state index < -0.39 is 0 Å². The van der Waals surface area contributed by atoms with Crippen LogP contribution in [-0.2, 0) is 9.29 Å². The van der Waals surface area contributed by atoms with Crippen molar-refractivity contribution < 1.29 is 4.74 Å². The van der Waals surface area contributed by atoms with Crippen LogP contribution in [0.15, 0.2) is 16.6 Å². The lowest BCUT2D eigenvalue weighted by molar-refractivity contribution is 0.198. The van der Waals surface area contributed by atoms with Gasteiger partial charge >= 0.3 is 18.2 Å². The summed E-state index contributed by atoms with van der Waals surface area (Å²) < 4.78 is 7.39. The predicted octanol–water partition coefficient (Wildman–Crippen LogP) is 4.38. The molecule has 0 aliphatic carbocycles. The van der Waals surface area contributed by atoms with Crippen molar-refractivity contribution in [2.45, 2.75) is 31.2 Å². The maximum absolute atomic E-state index is 4.94. The Morgan fingerprint density at radius 3 is 2.06 bits per heavy atom. The van der Waals surface area contributed by atoms with Crippen molar-refractivity contribution in [2.75, 3.05) is 13.2 Å². The molecule has 1 saturated heterocycles. The highest BCUT2D eigenvalue weighted by molar-refractivity contribution is 9.23. The van der Waals surface area contributed by atoms with Gasteiger partial charge in [0.15, 0.2) is 0 Å². The van der Waals surface area contributed by atoms with Crippen LogP contribution in [-0.4, -0.2) is 31.4 Å². The molecule has 0 atom stereocenters.